The largest absolute Gasteiger partial charge is 0.497 e. The third-order valence-electron chi connectivity index (χ3n) is 6.35. The second-order valence-electron chi connectivity index (χ2n) is 10.3. The van der Waals surface area contributed by atoms with E-state index in [0.29, 0.717) is 33.8 Å². The van der Waals surface area contributed by atoms with E-state index >= 15 is 0 Å². The number of carbonyl (C=O) groups excluding carboxylic acids is 2. The molecule has 1 atom stereocenters. The number of hydrogen-bond donors (Lipinski definition) is 1. The molecule has 0 saturated heterocycles. The summed E-state index contributed by atoms with van der Waals surface area (Å²) in [6.07, 6.45) is 0. The molecule has 4 rings (SSSR count). The molecule has 0 aliphatic rings. The Labute approximate surface area is 233 Å². The molecule has 0 spiro atoms. The van der Waals surface area contributed by atoms with Crippen molar-refractivity contribution < 1.29 is 23.8 Å². The molecular weight excluding hydrogens is 510 g/mol. The predicted molar refractivity (Wildman–Crippen MR) is 151 cm³/mol. The zero-order valence-corrected chi connectivity index (χ0v) is 23.7. The summed E-state index contributed by atoms with van der Waals surface area (Å²) in [5.74, 6) is 0.848. The Hall–Kier alpha value is -4.60. The second-order valence-corrected chi connectivity index (χ2v) is 10.3. The second kappa shape index (κ2) is 12.1. The highest BCUT2D eigenvalue weighted by molar-refractivity contribution is 5.90. The Balaban J connectivity index is 1.87. The molecule has 0 bridgehead atoms. The number of aromatic nitrogens is 3. The molecule has 1 N–H and O–H groups in total. The molecule has 0 fully saturated rings. The molecule has 40 heavy (non-hydrogen) atoms. The summed E-state index contributed by atoms with van der Waals surface area (Å²) >= 11 is 0. The van der Waals surface area contributed by atoms with Crippen molar-refractivity contribution in [1.82, 2.24) is 25.2 Å². The molecule has 0 unspecified atom stereocenters. The number of nitrogens with zero attached hydrogens (tertiary/aromatic N) is 4. The minimum absolute atomic E-state index is 0.0814. The van der Waals surface area contributed by atoms with Gasteiger partial charge in [-0.1, -0.05) is 35.5 Å². The Bertz CT molecular complexity index is 1490. The number of carbonyl (C=O) groups is 2. The first kappa shape index (κ1) is 28.4. The third-order valence-corrected chi connectivity index (χ3v) is 6.35. The molecule has 1 aromatic heterocycles. The van der Waals surface area contributed by atoms with Gasteiger partial charge in [-0.15, -0.1) is 5.10 Å². The number of rotatable bonds is 10. The molecule has 0 aliphatic heterocycles. The van der Waals surface area contributed by atoms with Crippen molar-refractivity contribution in [3.05, 3.63) is 77.9 Å². The molecular formula is C30H35N5O5. The van der Waals surface area contributed by atoms with Crippen LogP contribution in [0.2, 0.25) is 0 Å². The Kier molecular flexibility index (Phi) is 8.57. The summed E-state index contributed by atoms with van der Waals surface area (Å²) in [4.78, 5) is 29.8. The summed E-state index contributed by atoms with van der Waals surface area (Å²) in [5.41, 5.74) is 2.03. The van der Waals surface area contributed by atoms with Crippen LogP contribution in [0.15, 0.2) is 66.7 Å². The van der Waals surface area contributed by atoms with Gasteiger partial charge in [0.2, 0.25) is 11.8 Å². The molecule has 10 heteroatoms. The Morgan fingerprint density at radius 1 is 0.925 bits per heavy atom. The van der Waals surface area contributed by atoms with E-state index in [-0.39, 0.29) is 24.9 Å². The molecule has 0 radical (unpaired) electrons. The van der Waals surface area contributed by atoms with Crippen LogP contribution in [0.5, 0.6) is 17.2 Å². The van der Waals surface area contributed by atoms with Gasteiger partial charge in [-0.25, -0.2) is 4.68 Å². The third kappa shape index (κ3) is 6.33. The van der Waals surface area contributed by atoms with Crippen LogP contribution in [-0.2, 0) is 22.7 Å². The lowest BCUT2D eigenvalue weighted by atomic mass is 9.99. The van der Waals surface area contributed by atoms with Crippen LogP contribution in [0.1, 0.15) is 37.9 Å². The monoisotopic (exact) mass is 545 g/mol. The van der Waals surface area contributed by atoms with Crippen LogP contribution in [0.25, 0.3) is 11.0 Å². The summed E-state index contributed by atoms with van der Waals surface area (Å²) in [6, 6.07) is 18.9. The lowest BCUT2D eigenvalue weighted by Crippen LogP contribution is -2.49. The summed E-state index contributed by atoms with van der Waals surface area (Å²) in [7, 11) is 4.64. The maximum atomic E-state index is 14.2. The lowest BCUT2D eigenvalue weighted by molar-refractivity contribution is -0.143. The maximum absolute atomic E-state index is 14.2. The number of para-hydroxylation sites is 2. The highest BCUT2D eigenvalue weighted by Crippen LogP contribution is 2.35. The Morgan fingerprint density at radius 3 is 2.33 bits per heavy atom. The van der Waals surface area contributed by atoms with Crippen LogP contribution in [0.4, 0.5) is 0 Å². The van der Waals surface area contributed by atoms with Crippen molar-refractivity contribution in [3.63, 3.8) is 0 Å². The van der Waals surface area contributed by atoms with Gasteiger partial charge in [0.25, 0.3) is 0 Å². The average molecular weight is 546 g/mol. The zero-order chi connectivity index (χ0) is 28.9. The summed E-state index contributed by atoms with van der Waals surface area (Å²) in [6.45, 7) is 5.61. The predicted octanol–water partition coefficient (Wildman–Crippen LogP) is 4.14. The van der Waals surface area contributed by atoms with Crippen molar-refractivity contribution in [2.45, 2.75) is 45.4 Å². The molecule has 0 saturated carbocycles. The summed E-state index contributed by atoms with van der Waals surface area (Å²) in [5, 5.41) is 11.4. The lowest BCUT2D eigenvalue weighted by Gasteiger charge is -2.34. The van der Waals surface area contributed by atoms with E-state index < -0.39 is 11.6 Å². The first-order chi connectivity index (χ1) is 19.1. The number of methoxy groups -OCH3 is 3. The topological polar surface area (TPSA) is 108 Å². The van der Waals surface area contributed by atoms with Gasteiger partial charge in [0.05, 0.1) is 33.4 Å². The first-order valence-corrected chi connectivity index (χ1v) is 12.9. The van der Waals surface area contributed by atoms with Gasteiger partial charge in [-0.05, 0) is 57.2 Å². The van der Waals surface area contributed by atoms with Gasteiger partial charge in [0, 0.05) is 16.7 Å². The van der Waals surface area contributed by atoms with Crippen LogP contribution in [0.3, 0.4) is 0 Å². The van der Waals surface area contributed by atoms with Crippen molar-refractivity contribution in [2.24, 2.45) is 0 Å². The number of ether oxygens (including phenoxy) is 3. The SMILES string of the molecule is COc1ccc(OC)c([C@@H](C(=O)NC(C)(C)C)N(Cc2ccccc2OC)C(=O)Cn2nnc3ccccc32)c1. The molecule has 0 aliphatic carbocycles. The van der Waals surface area contributed by atoms with Gasteiger partial charge in [0.1, 0.15) is 35.4 Å². The van der Waals surface area contributed by atoms with Crippen molar-refractivity contribution in [1.29, 1.82) is 0 Å². The minimum atomic E-state index is -1.07. The zero-order valence-electron chi connectivity index (χ0n) is 23.7. The van der Waals surface area contributed by atoms with E-state index in [1.807, 2.05) is 69.3 Å². The standard InChI is InChI=1S/C30H35N5O5/c1-30(2,3)31-29(37)28(22-17-21(38-4)15-16-26(22)40-6)34(18-20-11-7-10-14-25(20)39-5)27(36)19-35-24-13-9-8-12-23(24)32-33-35/h7-17,28H,18-19H2,1-6H3,(H,31,37)/t28-/m0/s1. The molecule has 210 valence electrons. The van der Waals surface area contributed by atoms with Gasteiger partial charge < -0.3 is 24.4 Å². The molecule has 10 nitrogen and oxygen atoms in total. The van der Waals surface area contributed by atoms with E-state index in [0.717, 1.165) is 5.56 Å². The molecule has 4 aromatic rings. The fourth-order valence-corrected chi connectivity index (χ4v) is 4.54. The number of benzene rings is 3. The minimum Gasteiger partial charge on any atom is -0.497 e. The van der Waals surface area contributed by atoms with E-state index in [4.69, 9.17) is 14.2 Å². The van der Waals surface area contributed by atoms with E-state index in [1.54, 1.807) is 32.4 Å². The van der Waals surface area contributed by atoms with Crippen molar-refractivity contribution >= 4 is 22.8 Å². The number of nitrogens with one attached hydrogen (secondary N) is 1. The van der Waals surface area contributed by atoms with E-state index in [2.05, 4.69) is 15.6 Å². The number of fused-ring (bicyclic) bond motifs is 1. The van der Waals surface area contributed by atoms with Crippen LogP contribution in [0, 0.1) is 0 Å². The van der Waals surface area contributed by atoms with E-state index in [1.165, 1.54) is 16.7 Å². The van der Waals surface area contributed by atoms with Crippen LogP contribution < -0.4 is 19.5 Å². The Morgan fingerprint density at radius 2 is 1.62 bits per heavy atom. The van der Waals surface area contributed by atoms with Crippen LogP contribution in [-0.4, -0.2) is 58.6 Å². The maximum Gasteiger partial charge on any atom is 0.248 e. The van der Waals surface area contributed by atoms with E-state index in [9.17, 15) is 9.59 Å². The number of amides is 2. The quantitative estimate of drug-likeness (QED) is 0.319. The molecule has 1 heterocycles. The van der Waals surface area contributed by atoms with Crippen molar-refractivity contribution in [3.8, 4) is 17.2 Å². The normalized spacial score (nSPS) is 12.1. The van der Waals surface area contributed by atoms with Crippen LogP contribution >= 0.6 is 0 Å². The first-order valence-electron chi connectivity index (χ1n) is 12.9. The number of hydrogen-bond acceptors (Lipinski definition) is 7. The molecule has 2 amide bonds. The smallest absolute Gasteiger partial charge is 0.248 e. The molecule has 3 aromatic carbocycles. The van der Waals surface area contributed by atoms with Gasteiger partial charge in [-0.2, -0.15) is 0 Å². The van der Waals surface area contributed by atoms with Gasteiger partial charge in [-0.3, -0.25) is 9.59 Å². The fourth-order valence-electron chi connectivity index (χ4n) is 4.54. The van der Waals surface area contributed by atoms with Gasteiger partial charge in [0.15, 0.2) is 0 Å². The fraction of sp³-hybridized carbons (Fsp3) is 0.333. The average Bonchev–Trinajstić information content (AvgIpc) is 3.34. The highest BCUT2D eigenvalue weighted by atomic mass is 16.5. The summed E-state index contributed by atoms with van der Waals surface area (Å²) < 4.78 is 18.3. The van der Waals surface area contributed by atoms with Crippen molar-refractivity contribution in [2.75, 3.05) is 21.3 Å². The van der Waals surface area contributed by atoms with Gasteiger partial charge >= 0.3 is 0 Å². The highest BCUT2D eigenvalue weighted by Gasteiger charge is 2.36.